The SMILES string of the molecule is [Ir].[c-]1ccc(-c2cc3ccccc3c3ccccc23)cc1-c1ccccn1.[c-]1ccccc1-c1ccccn1. The van der Waals surface area contributed by atoms with Crippen molar-refractivity contribution in [1.82, 2.24) is 9.97 Å². The summed E-state index contributed by atoms with van der Waals surface area (Å²) in [6.45, 7) is 0. The van der Waals surface area contributed by atoms with E-state index in [0.717, 1.165) is 22.5 Å². The number of aromatic nitrogens is 2. The van der Waals surface area contributed by atoms with Gasteiger partial charge in [-0.25, -0.2) is 0 Å². The molecule has 0 unspecified atom stereocenters. The van der Waals surface area contributed by atoms with Crippen LogP contribution in [-0.4, -0.2) is 9.97 Å². The van der Waals surface area contributed by atoms with Crippen molar-refractivity contribution in [3.8, 4) is 33.6 Å². The Bertz CT molecular complexity index is 1760. The summed E-state index contributed by atoms with van der Waals surface area (Å²) in [5.74, 6) is 0. The number of hydrogen-bond donors (Lipinski definition) is 0. The van der Waals surface area contributed by atoms with Gasteiger partial charge in [0, 0.05) is 32.5 Å². The van der Waals surface area contributed by atoms with Gasteiger partial charge in [-0.3, -0.25) is 0 Å². The molecule has 0 aliphatic rings. The standard InChI is InChI=1S/C25H16N.C11H8N.Ir/c1-2-11-21-19(8-1)17-24(23-13-4-3-12-22(21)23)18-9-7-10-20(16-18)25-14-5-6-15-26-25;1-2-6-10(7-3-1)11-8-4-5-9-12-11;/h1-9,11-17H;1-6,8-9H;/q2*-1;. The van der Waals surface area contributed by atoms with Crippen LogP contribution in [0, 0.1) is 12.1 Å². The molecule has 0 aliphatic carbocycles. The van der Waals surface area contributed by atoms with E-state index in [-0.39, 0.29) is 20.1 Å². The molecular weight excluding hydrogens is 653 g/mol. The van der Waals surface area contributed by atoms with Crippen LogP contribution in [0.4, 0.5) is 0 Å². The van der Waals surface area contributed by atoms with E-state index in [1.54, 1.807) is 6.20 Å². The minimum absolute atomic E-state index is 0. The van der Waals surface area contributed by atoms with Gasteiger partial charge in [0.25, 0.3) is 0 Å². The fourth-order valence-corrected chi connectivity index (χ4v) is 4.67. The van der Waals surface area contributed by atoms with Crippen molar-refractivity contribution in [3.05, 3.63) is 158 Å². The minimum Gasteiger partial charge on any atom is -0.305 e. The molecule has 0 fully saturated rings. The van der Waals surface area contributed by atoms with Gasteiger partial charge in [-0.05, 0) is 56.7 Å². The summed E-state index contributed by atoms with van der Waals surface area (Å²) < 4.78 is 0. The number of benzene rings is 5. The summed E-state index contributed by atoms with van der Waals surface area (Å²) in [7, 11) is 0. The molecule has 0 saturated heterocycles. The quantitative estimate of drug-likeness (QED) is 0.138. The first-order valence-electron chi connectivity index (χ1n) is 12.6. The second-order valence-corrected chi connectivity index (χ2v) is 8.89. The predicted octanol–water partition coefficient (Wildman–Crippen LogP) is 9.07. The van der Waals surface area contributed by atoms with E-state index in [1.807, 2.05) is 72.9 Å². The van der Waals surface area contributed by atoms with E-state index >= 15 is 0 Å². The number of rotatable bonds is 3. The van der Waals surface area contributed by atoms with Crippen LogP contribution in [0.5, 0.6) is 0 Å². The fourth-order valence-electron chi connectivity index (χ4n) is 4.67. The average molecular weight is 677 g/mol. The molecule has 5 aromatic carbocycles. The fraction of sp³-hybridized carbons (Fsp3) is 0. The Kier molecular flexibility index (Phi) is 8.33. The van der Waals surface area contributed by atoms with Gasteiger partial charge < -0.3 is 9.97 Å². The molecule has 1 radical (unpaired) electrons. The Hall–Kier alpha value is -4.43. The Morgan fingerprint density at radius 3 is 1.77 bits per heavy atom. The van der Waals surface area contributed by atoms with E-state index in [1.165, 1.54) is 32.7 Å². The largest absolute Gasteiger partial charge is 0.305 e. The summed E-state index contributed by atoms with van der Waals surface area (Å²) in [6.07, 6.45) is 3.61. The molecule has 0 bridgehead atoms. The maximum Gasteiger partial charge on any atom is 0.0160 e. The van der Waals surface area contributed by atoms with Gasteiger partial charge in [0.1, 0.15) is 0 Å². The molecule has 3 heteroatoms. The van der Waals surface area contributed by atoms with Gasteiger partial charge in [-0.1, -0.05) is 72.8 Å². The zero-order chi connectivity index (χ0) is 25.6. The molecule has 0 atom stereocenters. The first-order chi connectivity index (χ1) is 18.9. The molecule has 0 amide bonds. The van der Waals surface area contributed by atoms with E-state index < -0.39 is 0 Å². The maximum absolute atomic E-state index is 4.46. The summed E-state index contributed by atoms with van der Waals surface area (Å²) in [5, 5.41) is 5.10. The monoisotopic (exact) mass is 677 g/mol. The zero-order valence-corrected chi connectivity index (χ0v) is 23.5. The minimum atomic E-state index is 0. The van der Waals surface area contributed by atoms with Gasteiger partial charge in [-0.15, -0.1) is 71.3 Å². The van der Waals surface area contributed by atoms with E-state index in [9.17, 15) is 0 Å². The van der Waals surface area contributed by atoms with Crippen molar-refractivity contribution in [2.24, 2.45) is 0 Å². The molecule has 7 aromatic rings. The van der Waals surface area contributed by atoms with Gasteiger partial charge >= 0.3 is 0 Å². The average Bonchev–Trinajstić information content (AvgIpc) is 3.02. The van der Waals surface area contributed by atoms with Gasteiger partial charge in [0.2, 0.25) is 0 Å². The third-order valence-electron chi connectivity index (χ3n) is 6.47. The third-order valence-corrected chi connectivity index (χ3v) is 6.47. The Balaban J connectivity index is 0.000000200. The molecule has 0 saturated carbocycles. The number of hydrogen-bond acceptors (Lipinski definition) is 2. The van der Waals surface area contributed by atoms with E-state index in [0.29, 0.717) is 0 Å². The summed E-state index contributed by atoms with van der Waals surface area (Å²) >= 11 is 0. The van der Waals surface area contributed by atoms with Crippen molar-refractivity contribution in [2.75, 3.05) is 0 Å². The first-order valence-corrected chi connectivity index (χ1v) is 12.6. The molecule has 189 valence electrons. The Morgan fingerprint density at radius 2 is 1.08 bits per heavy atom. The zero-order valence-electron chi connectivity index (χ0n) is 21.1. The normalized spacial score (nSPS) is 10.4. The van der Waals surface area contributed by atoms with Crippen LogP contribution in [0.25, 0.3) is 55.2 Å². The Morgan fingerprint density at radius 1 is 0.462 bits per heavy atom. The smallest absolute Gasteiger partial charge is 0.0160 e. The molecule has 2 heterocycles. The van der Waals surface area contributed by atoms with Crippen LogP contribution >= 0.6 is 0 Å². The molecule has 2 nitrogen and oxygen atoms in total. The molecule has 39 heavy (non-hydrogen) atoms. The number of fused-ring (bicyclic) bond motifs is 3. The van der Waals surface area contributed by atoms with Crippen molar-refractivity contribution in [1.29, 1.82) is 0 Å². The van der Waals surface area contributed by atoms with Crippen LogP contribution in [0.15, 0.2) is 146 Å². The van der Waals surface area contributed by atoms with Gasteiger partial charge in [-0.2, -0.15) is 0 Å². The van der Waals surface area contributed by atoms with Crippen LogP contribution in [0.3, 0.4) is 0 Å². The van der Waals surface area contributed by atoms with Crippen molar-refractivity contribution in [3.63, 3.8) is 0 Å². The number of nitrogens with zero attached hydrogens (tertiary/aromatic N) is 2. The topological polar surface area (TPSA) is 25.8 Å². The van der Waals surface area contributed by atoms with Crippen molar-refractivity contribution >= 4 is 21.5 Å². The third kappa shape index (κ3) is 5.86. The van der Waals surface area contributed by atoms with Crippen molar-refractivity contribution < 1.29 is 20.1 Å². The van der Waals surface area contributed by atoms with Crippen LogP contribution in [0.2, 0.25) is 0 Å². The predicted molar refractivity (Wildman–Crippen MR) is 157 cm³/mol. The van der Waals surface area contributed by atoms with Crippen LogP contribution in [-0.2, 0) is 20.1 Å². The summed E-state index contributed by atoms with van der Waals surface area (Å²) in [4.78, 5) is 8.68. The molecule has 0 N–H and O–H groups in total. The van der Waals surface area contributed by atoms with Gasteiger partial charge in [0.05, 0.1) is 0 Å². The van der Waals surface area contributed by atoms with Crippen LogP contribution in [0.1, 0.15) is 0 Å². The maximum atomic E-state index is 4.46. The molecule has 0 aliphatic heterocycles. The molecule has 2 aromatic heterocycles. The van der Waals surface area contributed by atoms with Crippen molar-refractivity contribution in [2.45, 2.75) is 0 Å². The second-order valence-electron chi connectivity index (χ2n) is 8.89. The molecule has 0 spiro atoms. The second kappa shape index (κ2) is 12.4. The van der Waals surface area contributed by atoms with Crippen LogP contribution < -0.4 is 0 Å². The first kappa shape index (κ1) is 26.2. The number of pyridine rings is 2. The molecular formula is C36H24IrN2-2. The van der Waals surface area contributed by atoms with E-state index in [2.05, 4.69) is 88.8 Å². The van der Waals surface area contributed by atoms with E-state index in [4.69, 9.17) is 0 Å². The molecule has 7 rings (SSSR count). The Labute approximate surface area is 242 Å². The summed E-state index contributed by atoms with van der Waals surface area (Å²) in [6, 6.07) is 51.9. The van der Waals surface area contributed by atoms with Gasteiger partial charge in [0.15, 0.2) is 0 Å². The summed E-state index contributed by atoms with van der Waals surface area (Å²) in [5.41, 5.74) is 6.40.